The summed E-state index contributed by atoms with van der Waals surface area (Å²) in [4.78, 5) is 29.8. The lowest BCUT2D eigenvalue weighted by molar-refractivity contribution is -0.118. The number of amides is 2. The van der Waals surface area contributed by atoms with Crippen molar-refractivity contribution in [3.05, 3.63) is 53.9 Å². The molecule has 0 aliphatic carbocycles. The Morgan fingerprint density at radius 1 is 1.14 bits per heavy atom. The highest BCUT2D eigenvalue weighted by Crippen LogP contribution is 2.21. The van der Waals surface area contributed by atoms with Crippen LogP contribution in [-0.4, -0.2) is 29.9 Å². The molecule has 2 aromatic carbocycles. The Morgan fingerprint density at radius 2 is 1.86 bits per heavy atom. The molecule has 3 aromatic rings. The van der Waals surface area contributed by atoms with Crippen molar-refractivity contribution in [1.29, 1.82) is 0 Å². The number of hydrogen-bond donors (Lipinski definition) is 2. The number of carbonyl (C=O) groups excluding carboxylic acids is 2. The van der Waals surface area contributed by atoms with Gasteiger partial charge in [-0.2, -0.15) is 0 Å². The van der Waals surface area contributed by atoms with Gasteiger partial charge in [-0.05, 0) is 48.4 Å². The van der Waals surface area contributed by atoms with Crippen LogP contribution in [-0.2, 0) is 11.2 Å². The molecule has 2 N–H and O–H groups in total. The zero-order chi connectivity index (χ0) is 21.0. The summed E-state index contributed by atoms with van der Waals surface area (Å²) in [5.41, 5.74) is 2.42. The van der Waals surface area contributed by atoms with Crippen molar-refractivity contribution in [3.8, 4) is 5.75 Å². The molecule has 0 fully saturated rings. The number of ether oxygens (including phenoxy) is 1. The van der Waals surface area contributed by atoms with Crippen LogP contribution in [0.5, 0.6) is 5.75 Å². The fourth-order valence-corrected chi connectivity index (χ4v) is 2.93. The van der Waals surface area contributed by atoms with Crippen LogP contribution < -0.4 is 15.4 Å². The number of benzene rings is 2. The van der Waals surface area contributed by atoms with Crippen molar-refractivity contribution < 1.29 is 18.7 Å². The van der Waals surface area contributed by atoms with Gasteiger partial charge in [-0.1, -0.05) is 20.8 Å². The number of methoxy groups -OCH3 is 1. The van der Waals surface area contributed by atoms with Crippen LogP contribution >= 0.6 is 0 Å². The van der Waals surface area contributed by atoms with Crippen molar-refractivity contribution in [2.24, 2.45) is 5.92 Å². The van der Waals surface area contributed by atoms with E-state index >= 15 is 0 Å². The van der Waals surface area contributed by atoms with Crippen LogP contribution in [0.1, 0.15) is 37.0 Å². The van der Waals surface area contributed by atoms with Gasteiger partial charge < -0.3 is 19.8 Å². The molecule has 0 aliphatic rings. The van der Waals surface area contributed by atoms with Crippen LogP contribution in [0, 0.1) is 5.92 Å². The lowest BCUT2D eigenvalue weighted by Crippen LogP contribution is -2.47. The number of oxazole rings is 1. The molecule has 0 radical (unpaired) electrons. The topological polar surface area (TPSA) is 93.5 Å². The molecular formula is C22H25N3O4. The summed E-state index contributed by atoms with van der Waals surface area (Å²) in [6, 6.07) is 11.3. The average molecular weight is 395 g/mol. The molecule has 3 rings (SSSR count). The fraction of sp³-hybridized carbons (Fsp3) is 0.318. The average Bonchev–Trinajstić information content (AvgIpc) is 3.14. The van der Waals surface area contributed by atoms with E-state index in [1.54, 1.807) is 49.6 Å². The van der Waals surface area contributed by atoms with Gasteiger partial charge in [-0.15, -0.1) is 0 Å². The van der Waals surface area contributed by atoms with E-state index in [2.05, 4.69) is 15.6 Å². The Bertz CT molecular complexity index is 1010. The third-order valence-corrected chi connectivity index (χ3v) is 4.59. The van der Waals surface area contributed by atoms with Gasteiger partial charge >= 0.3 is 0 Å². The highest BCUT2D eigenvalue weighted by molar-refractivity contribution is 6.01. The summed E-state index contributed by atoms with van der Waals surface area (Å²) < 4.78 is 10.7. The maximum Gasteiger partial charge on any atom is 0.251 e. The molecule has 0 aliphatic heterocycles. The fourth-order valence-electron chi connectivity index (χ4n) is 2.93. The second kappa shape index (κ2) is 8.77. The summed E-state index contributed by atoms with van der Waals surface area (Å²) in [7, 11) is 1.56. The maximum absolute atomic E-state index is 12.8. The monoisotopic (exact) mass is 395 g/mol. The molecule has 0 saturated heterocycles. The summed E-state index contributed by atoms with van der Waals surface area (Å²) in [6.45, 7) is 5.73. The van der Waals surface area contributed by atoms with Crippen LogP contribution in [0.25, 0.3) is 11.1 Å². The van der Waals surface area contributed by atoms with Crippen molar-refractivity contribution in [1.82, 2.24) is 10.3 Å². The Labute approximate surface area is 169 Å². The van der Waals surface area contributed by atoms with E-state index in [0.717, 1.165) is 0 Å². The molecule has 0 bridgehead atoms. The molecule has 0 spiro atoms. The normalized spacial score (nSPS) is 12.0. The summed E-state index contributed by atoms with van der Waals surface area (Å²) in [5.74, 6) is 0.602. The molecule has 2 amide bonds. The zero-order valence-corrected chi connectivity index (χ0v) is 17.0. The third-order valence-electron chi connectivity index (χ3n) is 4.59. The van der Waals surface area contributed by atoms with Gasteiger partial charge in [0.05, 0.1) is 7.11 Å². The van der Waals surface area contributed by atoms with Gasteiger partial charge in [0.25, 0.3) is 5.91 Å². The van der Waals surface area contributed by atoms with Crippen LogP contribution in [0.4, 0.5) is 5.69 Å². The van der Waals surface area contributed by atoms with E-state index in [1.165, 1.54) is 0 Å². The SMILES string of the molecule is CCc1nc2cc(NC(=O)C(NC(=O)c3ccc(OC)cc3)C(C)C)ccc2o1. The number of nitrogens with one attached hydrogen (secondary N) is 2. The minimum atomic E-state index is -0.691. The van der Waals surface area contributed by atoms with Crippen LogP contribution in [0.15, 0.2) is 46.9 Å². The first-order valence-corrected chi connectivity index (χ1v) is 9.56. The highest BCUT2D eigenvalue weighted by atomic mass is 16.5. The van der Waals surface area contributed by atoms with Crippen molar-refractivity contribution >= 4 is 28.6 Å². The molecule has 1 atom stereocenters. The molecule has 1 heterocycles. The third kappa shape index (κ3) is 4.74. The van der Waals surface area contributed by atoms with E-state index in [0.29, 0.717) is 40.4 Å². The number of rotatable bonds is 7. The van der Waals surface area contributed by atoms with Crippen LogP contribution in [0.2, 0.25) is 0 Å². The zero-order valence-electron chi connectivity index (χ0n) is 17.0. The predicted molar refractivity (Wildman–Crippen MR) is 111 cm³/mol. The van der Waals surface area contributed by atoms with E-state index in [4.69, 9.17) is 9.15 Å². The van der Waals surface area contributed by atoms with Crippen LogP contribution in [0.3, 0.4) is 0 Å². The van der Waals surface area contributed by atoms with Gasteiger partial charge in [0.1, 0.15) is 17.3 Å². The number of aryl methyl sites for hydroxylation is 1. The second-order valence-electron chi connectivity index (χ2n) is 7.06. The van der Waals surface area contributed by atoms with Gasteiger partial charge in [-0.25, -0.2) is 4.98 Å². The predicted octanol–water partition coefficient (Wildman–Crippen LogP) is 3.79. The molecular weight excluding hydrogens is 370 g/mol. The molecule has 152 valence electrons. The first-order valence-electron chi connectivity index (χ1n) is 9.56. The van der Waals surface area contributed by atoms with E-state index in [9.17, 15) is 9.59 Å². The second-order valence-corrected chi connectivity index (χ2v) is 7.06. The summed E-state index contributed by atoms with van der Waals surface area (Å²) >= 11 is 0. The number of fused-ring (bicyclic) bond motifs is 1. The van der Waals surface area contributed by atoms with Gasteiger partial charge in [-0.3, -0.25) is 9.59 Å². The standard InChI is InChI=1S/C22H25N3O4/c1-5-19-24-17-12-15(8-11-18(17)29-19)23-22(27)20(13(2)3)25-21(26)14-6-9-16(28-4)10-7-14/h6-13,20H,5H2,1-4H3,(H,23,27)(H,25,26). The van der Waals surface area contributed by atoms with E-state index in [1.807, 2.05) is 20.8 Å². The number of hydrogen-bond acceptors (Lipinski definition) is 5. The molecule has 1 unspecified atom stereocenters. The number of anilines is 1. The Morgan fingerprint density at radius 3 is 2.48 bits per heavy atom. The number of nitrogens with zero attached hydrogens (tertiary/aromatic N) is 1. The molecule has 1 aromatic heterocycles. The first-order chi connectivity index (χ1) is 13.9. The quantitative estimate of drug-likeness (QED) is 0.635. The first kappa shape index (κ1) is 20.4. The molecule has 7 heteroatoms. The lowest BCUT2D eigenvalue weighted by atomic mass is 10.0. The Hall–Kier alpha value is -3.35. The van der Waals surface area contributed by atoms with Crippen molar-refractivity contribution in [3.63, 3.8) is 0 Å². The Balaban J connectivity index is 1.72. The maximum atomic E-state index is 12.8. The largest absolute Gasteiger partial charge is 0.497 e. The van der Waals surface area contributed by atoms with E-state index < -0.39 is 6.04 Å². The van der Waals surface area contributed by atoms with Crippen molar-refractivity contribution in [2.45, 2.75) is 33.2 Å². The Kier molecular flexibility index (Phi) is 6.16. The highest BCUT2D eigenvalue weighted by Gasteiger charge is 2.25. The van der Waals surface area contributed by atoms with Gasteiger partial charge in [0, 0.05) is 17.7 Å². The van der Waals surface area contributed by atoms with Crippen molar-refractivity contribution in [2.75, 3.05) is 12.4 Å². The minimum Gasteiger partial charge on any atom is -0.497 e. The van der Waals surface area contributed by atoms with Gasteiger partial charge in [0.2, 0.25) is 5.91 Å². The molecule has 0 saturated carbocycles. The summed E-state index contributed by atoms with van der Waals surface area (Å²) in [6.07, 6.45) is 0.698. The molecule has 7 nitrogen and oxygen atoms in total. The minimum absolute atomic E-state index is 0.0975. The number of carbonyl (C=O) groups is 2. The lowest BCUT2D eigenvalue weighted by Gasteiger charge is -2.22. The molecule has 29 heavy (non-hydrogen) atoms. The van der Waals surface area contributed by atoms with Gasteiger partial charge in [0.15, 0.2) is 11.5 Å². The van der Waals surface area contributed by atoms with E-state index in [-0.39, 0.29) is 17.7 Å². The summed E-state index contributed by atoms with van der Waals surface area (Å²) in [5, 5.41) is 5.68. The number of aromatic nitrogens is 1. The smallest absolute Gasteiger partial charge is 0.251 e.